The highest BCUT2D eigenvalue weighted by Crippen LogP contribution is 2.49. The summed E-state index contributed by atoms with van der Waals surface area (Å²) >= 11 is 1.68. The first-order valence-electron chi connectivity index (χ1n) is 6.66. The Labute approximate surface area is 123 Å². The van der Waals surface area contributed by atoms with Gasteiger partial charge >= 0.3 is 0 Å². The van der Waals surface area contributed by atoms with E-state index in [4.69, 9.17) is 4.74 Å². The molecule has 3 nitrogen and oxygen atoms in total. The molecule has 0 spiro atoms. The van der Waals surface area contributed by atoms with Gasteiger partial charge < -0.3 is 9.64 Å². The van der Waals surface area contributed by atoms with Gasteiger partial charge in [-0.15, -0.1) is 0 Å². The topological polar surface area (TPSA) is 36.3 Å². The molecule has 2 unspecified atom stereocenters. The summed E-state index contributed by atoms with van der Waals surface area (Å²) in [6, 6.07) is 10.7. The molecule has 0 fully saturated rings. The van der Waals surface area contributed by atoms with Gasteiger partial charge in [-0.2, -0.15) is 16.6 Å². The van der Waals surface area contributed by atoms with Gasteiger partial charge in [0.05, 0.1) is 25.1 Å². The summed E-state index contributed by atoms with van der Waals surface area (Å²) in [6.45, 7) is 3.00. The van der Waals surface area contributed by atoms with Crippen LogP contribution in [0.15, 0.2) is 35.0 Å². The lowest BCUT2D eigenvalue weighted by molar-refractivity contribution is 0.415. The van der Waals surface area contributed by atoms with Crippen molar-refractivity contribution in [2.75, 3.05) is 18.6 Å². The zero-order chi connectivity index (χ0) is 14.1. The van der Waals surface area contributed by atoms with Crippen molar-refractivity contribution in [1.82, 2.24) is 0 Å². The second-order valence-corrected chi connectivity index (χ2v) is 5.60. The maximum absolute atomic E-state index is 9.62. The van der Waals surface area contributed by atoms with E-state index >= 15 is 0 Å². The zero-order valence-electron chi connectivity index (χ0n) is 11.5. The van der Waals surface area contributed by atoms with E-state index in [1.165, 1.54) is 5.56 Å². The fourth-order valence-corrected chi connectivity index (χ4v) is 3.67. The molecule has 1 aliphatic rings. The molecule has 0 radical (unpaired) electrons. The van der Waals surface area contributed by atoms with Crippen LogP contribution < -0.4 is 9.64 Å². The van der Waals surface area contributed by atoms with Crippen LogP contribution in [0.2, 0.25) is 0 Å². The fourth-order valence-electron chi connectivity index (χ4n) is 2.98. The van der Waals surface area contributed by atoms with E-state index in [0.29, 0.717) is 0 Å². The third-order valence-corrected chi connectivity index (χ3v) is 4.60. The number of hydrogen-bond acceptors (Lipinski definition) is 4. The molecule has 2 heterocycles. The Morgan fingerprint density at radius 3 is 2.85 bits per heavy atom. The second-order valence-electron chi connectivity index (χ2n) is 4.82. The number of likely N-dealkylation sites (N-methyl/N-ethyl adjacent to an activating group) is 1. The first-order valence-corrected chi connectivity index (χ1v) is 7.60. The molecule has 1 aliphatic heterocycles. The van der Waals surface area contributed by atoms with E-state index in [9.17, 15) is 5.26 Å². The molecule has 1 aromatic carbocycles. The van der Waals surface area contributed by atoms with Crippen molar-refractivity contribution in [2.24, 2.45) is 0 Å². The van der Waals surface area contributed by atoms with Crippen molar-refractivity contribution in [1.29, 1.82) is 5.26 Å². The van der Waals surface area contributed by atoms with Crippen LogP contribution in [0.4, 0.5) is 5.69 Å². The summed E-state index contributed by atoms with van der Waals surface area (Å²) < 4.78 is 5.32. The summed E-state index contributed by atoms with van der Waals surface area (Å²) in [7, 11) is 1.67. The van der Waals surface area contributed by atoms with Gasteiger partial charge in [-0.1, -0.05) is 6.07 Å². The number of thiophene rings is 1. The quantitative estimate of drug-likeness (QED) is 0.856. The Morgan fingerprint density at radius 1 is 1.40 bits per heavy atom. The Bertz CT molecular complexity index is 645. The minimum atomic E-state index is -0.120. The van der Waals surface area contributed by atoms with Crippen LogP contribution >= 0.6 is 11.3 Å². The van der Waals surface area contributed by atoms with Crippen LogP contribution in [0, 0.1) is 11.3 Å². The van der Waals surface area contributed by atoms with E-state index in [2.05, 4.69) is 34.7 Å². The monoisotopic (exact) mass is 284 g/mol. The number of methoxy groups -OCH3 is 1. The van der Waals surface area contributed by atoms with E-state index < -0.39 is 0 Å². The van der Waals surface area contributed by atoms with Crippen molar-refractivity contribution in [2.45, 2.75) is 18.9 Å². The lowest BCUT2D eigenvalue weighted by Crippen LogP contribution is -2.25. The number of nitrogens with zero attached hydrogens (tertiary/aromatic N) is 2. The van der Waals surface area contributed by atoms with Crippen molar-refractivity contribution in [3.63, 3.8) is 0 Å². The van der Waals surface area contributed by atoms with Crippen molar-refractivity contribution >= 4 is 17.0 Å². The molecule has 1 aromatic heterocycles. The molecular formula is C16H16N2OS. The number of hydrogen-bond donors (Lipinski definition) is 0. The lowest BCUT2D eigenvalue weighted by atomic mass is 9.93. The minimum Gasteiger partial charge on any atom is -0.497 e. The van der Waals surface area contributed by atoms with Gasteiger partial charge in [-0.25, -0.2) is 0 Å². The van der Waals surface area contributed by atoms with Crippen molar-refractivity contribution < 1.29 is 4.74 Å². The smallest absolute Gasteiger partial charge is 0.120 e. The van der Waals surface area contributed by atoms with Crippen LogP contribution in [0.25, 0.3) is 0 Å². The molecule has 2 aromatic rings. The minimum absolute atomic E-state index is 0.110. The summed E-state index contributed by atoms with van der Waals surface area (Å²) in [6.07, 6.45) is 0. The Hall–Kier alpha value is -1.99. The van der Waals surface area contributed by atoms with E-state index in [1.807, 2.05) is 18.2 Å². The molecule has 0 N–H and O–H groups in total. The normalized spacial score (nSPS) is 20.6. The predicted molar refractivity (Wildman–Crippen MR) is 81.4 cm³/mol. The van der Waals surface area contributed by atoms with Crippen molar-refractivity contribution in [3.05, 3.63) is 46.2 Å². The van der Waals surface area contributed by atoms with Gasteiger partial charge in [-0.05, 0) is 40.9 Å². The van der Waals surface area contributed by atoms with Gasteiger partial charge in [0, 0.05) is 18.3 Å². The van der Waals surface area contributed by atoms with E-state index in [-0.39, 0.29) is 12.0 Å². The van der Waals surface area contributed by atoms with Crippen LogP contribution in [0.3, 0.4) is 0 Å². The number of ether oxygens (including phenoxy) is 1. The van der Waals surface area contributed by atoms with Gasteiger partial charge in [0.2, 0.25) is 0 Å². The van der Waals surface area contributed by atoms with Gasteiger partial charge in [0.25, 0.3) is 0 Å². The first kappa shape index (κ1) is 13.0. The highest BCUT2D eigenvalue weighted by Gasteiger charge is 2.39. The average molecular weight is 284 g/mol. The molecule has 2 atom stereocenters. The number of anilines is 1. The van der Waals surface area contributed by atoms with Crippen LogP contribution in [-0.2, 0) is 0 Å². The first-order chi connectivity index (χ1) is 9.80. The van der Waals surface area contributed by atoms with Crippen molar-refractivity contribution in [3.8, 4) is 11.8 Å². The Balaban J connectivity index is 2.13. The number of rotatable bonds is 3. The maximum atomic E-state index is 9.62. The lowest BCUT2D eigenvalue weighted by Gasteiger charge is -2.27. The summed E-state index contributed by atoms with van der Waals surface area (Å²) in [5, 5.41) is 13.8. The summed E-state index contributed by atoms with van der Waals surface area (Å²) in [5.41, 5.74) is 3.44. The molecule has 3 rings (SSSR count). The van der Waals surface area contributed by atoms with Crippen LogP contribution in [-0.4, -0.2) is 13.7 Å². The molecule has 102 valence electrons. The number of nitriles is 1. The Kier molecular flexibility index (Phi) is 3.37. The predicted octanol–water partition coefficient (Wildman–Crippen LogP) is 3.95. The highest BCUT2D eigenvalue weighted by atomic mass is 32.1. The van der Waals surface area contributed by atoms with E-state index in [1.54, 1.807) is 18.4 Å². The van der Waals surface area contributed by atoms with Crippen LogP contribution in [0.1, 0.15) is 30.0 Å². The van der Waals surface area contributed by atoms with Gasteiger partial charge in [0.1, 0.15) is 5.75 Å². The molecular weight excluding hydrogens is 268 g/mol. The zero-order valence-corrected chi connectivity index (χ0v) is 12.4. The standard InChI is InChI=1S/C16H16N2OS/c1-3-18-15-8-12(19-2)4-5-13(15)14(9-17)16(18)11-6-7-20-10-11/h4-8,10,14,16H,3H2,1-2H3. The molecule has 4 heteroatoms. The van der Waals surface area contributed by atoms with Gasteiger partial charge in [0.15, 0.2) is 0 Å². The third-order valence-electron chi connectivity index (χ3n) is 3.90. The molecule has 0 aliphatic carbocycles. The third kappa shape index (κ3) is 1.86. The molecule has 0 amide bonds. The van der Waals surface area contributed by atoms with Gasteiger partial charge in [-0.3, -0.25) is 0 Å². The van der Waals surface area contributed by atoms with E-state index in [0.717, 1.165) is 23.5 Å². The molecule has 0 saturated carbocycles. The largest absolute Gasteiger partial charge is 0.497 e. The molecule has 20 heavy (non-hydrogen) atoms. The second kappa shape index (κ2) is 5.18. The fraction of sp³-hybridized carbons (Fsp3) is 0.312. The molecule has 0 bridgehead atoms. The number of fused-ring (bicyclic) bond motifs is 1. The number of benzene rings is 1. The highest BCUT2D eigenvalue weighted by molar-refractivity contribution is 7.08. The van der Waals surface area contributed by atoms with Crippen LogP contribution in [0.5, 0.6) is 5.75 Å². The summed E-state index contributed by atoms with van der Waals surface area (Å²) in [5.74, 6) is 0.718. The summed E-state index contributed by atoms with van der Waals surface area (Å²) in [4.78, 5) is 2.30. The molecule has 0 saturated heterocycles. The Morgan fingerprint density at radius 2 is 2.25 bits per heavy atom. The SMILES string of the molecule is CCN1c2cc(OC)ccc2C(C#N)C1c1ccsc1. The maximum Gasteiger partial charge on any atom is 0.120 e. The average Bonchev–Trinajstić information content (AvgIpc) is 3.11.